The summed E-state index contributed by atoms with van der Waals surface area (Å²) < 4.78 is 29.8. The molecule has 7 nitrogen and oxygen atoms in total. The maximum Gasteiger partial charge on any atom is 0.290 e. The second-order valence-corrected chi connectivity index (χ2v) is 6.68. The molecule has 2 heterocycles. The topological polar surface area (TPSA) is 85.5 Å². The second-order valence-electron chi connectivity index (χ2n) is 5.00. The average Bonchev–Trinajstić information content (AvgIpc) is 2.91. The van der Waals surface area contributed by atoms with Gasteiger partial charge < -0.3 is 0 Å². The molecule has 114 valence electrons. The van der Waals surface area contributed by atoms with Crippen LogP contribution in [-0.4, -0.2) is 22.6 Å². The molecule has 0 aliphatic rings. The van der Waals surface area contributed by atoms with E-state index in [1.807, 2.05) is 19.1 Å². The number of anilines is 1. The predicted octanol–water partition coefficient (Wildman–Crippen LogP) is 1.14. The summed E-state index contributed by atoms with van der Waals surface area (Å²) in [7, 11) is -2.26. The Hall–Kier alpha value is -2.61. The Kier molecular flexibility index (Phi) is 3.25. The lowest BCUT2D eigenvalue weighted by molar-refractivity contribution is 0.601. The largest absolute Gasteiger partial charge is 0.300 e. The molecule has 0 aliphatic heterocycles. The van der Waals surface area contributed by atoms with Crippen molar-refractivity contribution in [2.24, 2.45) is 7.05 Å². The monoisotopic (exact) mass is 318 g/mol. The smallest absolute Gasteiger partial charge is 0.290 e. The lowest BCUT2D eigenvalue weighted by Crippen LogP contribution is -2.20. The second kappa shape index (κ2) is 4.99. The fourth-order valence-corrected chi connectivity index (χ4v) is 3.14. The molecular formula is C14H14N4O3S. The van der Waals surface area contributed by atoms with E-state index >= 15 is 0 Å². The summed E-state index contributed by atoms with van der Waals surface area (Å²) in [6.45, 7) is 1.92. The number of hydrogen-bond donors (Lipinski definition) is 1. The van der Waals surface area contributed by atoms with Crippen LogP contribution < -0.4 is 10.3 Å². The van der Waals surface area contributed by atoms with Crippen LogP contribution in [0.15, 0.2) is 52.5 Å². The van der Waals surface area contributed by atoms with Gasteiger partial charge in [0.1, 0.15) is 16.7 Å². The summed E-state index contributed by atoms with van der Waals surface area (Å²) in [5, 5.41) is 3.85. The normalized spacial score (nSPS) is 11.7. The van der Waals surface area contributed by atoms with Gasteiger partial charge in [0, 0.05) is 18.9 Å². The van der Waals surface area contributed by atoms with Crippen molar-refractivity contribution < 1.29 is 8.42 Å². The third-order valence-corrected chi connectivity index (χ3v) is 4.65. The maximum absolute atomic E-state index is 12.4. The fourth-order valence-electron chi connectivity index (χ4n) is 2.05. The third kappa shape index (κ3) is 2.48. The molecule has 0 unspecified atom stereocenters. The minimum Gasteiger partial charge on any atom is -0.300 e. The van der Waals surface area contributed by atoms with Gasteiger partial charge >= 0.3 is 0 Å². The van der Waals surface area contributed by atoms with E-state index in [4.69, 9.17) is 0 Å². The number of hydrogen-bond acceptors (Lipinski definition) is 4. The van der Waals surface area contributed by atoms with E-state index in [-0.39, 0.29) is 16.0 Å². The van der Waals surface area contributed by atoms with E-state index < -0.39 is 10.0 Å². The van der Waals surface area contributed by atoms with Crippen molar-refractivity contribution in [3.63, 3.8) is 0 Å². The van der Waals surface area contributed by atoms with Crippen LogP contribution in [0.3, 0.4) is 0 Å². The Morgan fingerprint density at radius 2 is 1.86 bits per heavy atom. The molecule has 0 saturated heterocycles. The van der Waals surface area contributed by atoms with Gasteiger partial charge in [-0.15, -0.1) is 0 Å². The molecule has 0 spiro atoms. The molecule has 3 aromatic rings. The van der Waals surface area contributed by atoms with Crippen LogP contribution in [0.5, 0.6) is 0 Å². The molecule has 0 bridgehead atoms. The summed E-state index contributed by atoms with van der Waals surface area (Å²) in [6.07, 6.45) is 2.75. The van der Waals surface area contributed by atoms with Crippen LogP contribution in [0.2, 0.25) is 0 Å². The lowest BCUT2D eigenvalue weighted by atomic mass is 10.2. The molecule has 0 amide bonds. The predicted molar refractivity (Wildman–Crippen MR) is 82.4 cm³/mol. The van der Waals surface area contributed by atoms with Crippen LogP contribution in [0.4, 0.5) is 5.69 Å². The highest BCUT2D eigenvalue weighted by Crippen LogP contribution is 2.18. The Balaban J connectivity index is 2.04. The molecule has 0 atom stereocenters. The molecule has 0 aliphatic carbocycles. The molecule has 8 heteroatoms. The van der Waals surface area contributed by atoms with E-state index in [1.165, 1.54) is 30.0 Å². The number of nitrogens with zero attached hydrogens (tertiary/aromatic N) is 3. The number of benzene rings is 1. The number of fused-ring (bicyclic) bond motifs is 1. The molecular weight excluding hydrogens is 304 g/mol. The molecule has 2 aromatic heterocycles. The van der Waals surface area contributed by atoms with E-state index in [0.29, 0.717) is 5.69 Å². The first-order chi connectivity index (χ1) is 10.4. The van der Waals surface area contributed by atoms with Gasteiger partial charge in [-0.05, 0) is 25.1 Å². The Morgan fingerprint density at radius 1 is 1.18 bits per heavy atom. The van der Waals surface area contributed by atoms with Gasteiger partial charge in [0.05, 0.1) is 0 Å². The standard InChI is InChI=1S/C14H14N4O3S/c1-10-3-5-11(6-4-10)16-22(20,21)12-7-13-14(19)17(2)15-9-18(13)8-12/h3-9,16H,1-2H3. The zero-order valence-electron chi connectivity index (χ0n) is 12.0. The molecule has 0 radical (unpaired) electrons. The highest BCUT2D eigenvalue weighted by atomic mass is 32.2. The Bertz CT molecular complexity index is 1000. The first-order valence-corrected chi connectivity index (χ1v) is 7.99. The van der Waals surface area contributed by atoms with E-state index in [2.05, 4.69) is 9.82 Å². The molecule has 22 heavy (non-hydrogen) atoms. The summed E-state index contributed by atoms with van der Waals surface area (Å²) >= 11 is 0. The van der Waals surface area contributed by atoms with Crippen LogP contribution in [0.25, 0.3) is 5.52 Å². The van der Waals surface area contributed by atoms with Crippen LogP contribution in [0, 0.1) is 6.92 Å². The van der Waals surface area contributed by atoms with Gasteiger partial charge in [-0.25, -0.2) is 13.1 Å². The molecule has 1 aromatic carbocycles. The summed E-state index contributed by atoms with van der Waals surface area (Å²) in [5.41, 5.74) is 1.39. The maximum atomic E-state index is 12.4. The molecule has 3 rings (SSSR count). The number of aromatic nitrogens is 3. The van der Waals surface area contributed by atoms with Crippen LogP contribution in [-0.2, 0) is 17.1 Å². The Morgan fingerprint density at radius 3 is 2.55 bits per heavy atom. The molecule has 1 N–H and O–H groups in total. The zero-order valence-corrected chi connectivity index (χ0v) is 12.8. The average molecular weight is 318 g/mol. The SMILES string of the molecule is Cc1ccc(NS(=O)(=O)c2cc3c(=O)n(C)ncn3c2)cc1. The quantitative estimate of drug-likeness (QED) is 0.785. The van der Waals surface area contributed by atoms with Crippen molar-refractivity contribution in [1.29, 1.82) is 0 Å². The van der Waals surface area contributed by atoms with Crippen molar-refractivity contribution in [3.05, 3.63) is 58.8 Å². The number of rotatable bonds is 3. The summed E-state index contributed by atoms with van der Waals surface area (Å²) in [5.74, 6) is 0. The van der Waals surface area contributed by atoms with E-state index in [1.54, 1.807) is 12.1 Å². The highest BCUT2D eigenvalue weighted by Gasteiger charge is 2.18. The first kappa shape index (κ1) is 14.3. The number of sulfonamides is 1. The highest BCUT2D eigenvalue weighted by molar-refractivity contribution is 7.92. The van der Waals surface area contributed by atoms with Gasteiger partial charge in [0.15, 0.2) is 0 Å². The summed E-state index contributed by atoms with van der Waals surface area (Å²) in [6, 6.07) is 8.33. The summed E-state index contributed by atoms with van der Waals surface area (Å²) in [4.78, 5) is 11.9. The van der Waals surface area contributed by atoms with E-state index in [9.17, 15) is 13.2 Å². The third-order valence-electron chi connectivity index (χ3n) is 3.30. The van der Waals surface area contributed by atoms with Gasteiger partial charge in [-0.1, -0.05) is 17.7 Å². The van der Waals surface area contributed by atoms with E-state index in [0.717, 1.165) is 10.2 Å². The van der Waals surface area contributed by atoms with Gasteiger partial charge in [0.25, 0.3) is 15.6 Å². The fraction of sp³-hybridized carbons (Fsp3) is 0.143. The van der Waals surface area contributed by atoms with Gasteiger partial charge in [-0.2, -0.15) is 5.10 Å². The van der Waals surface area contributed by atoms with Crippen LogP contribution in [0.1, 0.15) is 5.56 Å². The minimum absolute atomic E-state index is 0.0122. The van der Waals surface area contributed by atoms with Crippen molar-refractivity contribution in [2.45, 2.75) is 11.8 Å². The van der Waals surface area contributed by atoms with Crippen molar-refractivity contribution >= 4 is 21.2 Å². The number of aryl methyl sites for hydroxylation is 2. The first-order valence-electron chi connectivity index (χ1n) is 6.50. The number of nitrogens with one attached hydrogen (secondary N) is 1. The zero-order chi connectivity index (χ0) is 15.9. The van der Waals surface area contributed by atoms with Gasteiger partial charge in [-0.3, -0.25) is 13.9 Å². The van der Waals surface area contributed by atoms with Crippen molar-refractivity contribution in [3.8, 4) is 0 Å². The van der Waals surface area contributed by atoms with Crippen molar-refractivity contribution in [1.82, 2.24) is 14.2 Å². The Labute approximate surface area is 126 Å². The van der Waals surface area contributed by atoms with Gasteiger partial charge in [0.2, 0.25) is 0 Å². The lowest BCUT2D eigenvalue weighted by Gasteiger charge is -2.06. The van der Waals surface area contributed by atoms with Crippen LogP contribution >= 0.6 is 0 Å². The molecule has 0 fully saturated rings. The minimum atomic E-state index is -3.76. The molecule has 0 saturated carbocycles. The van der Waals surface area contributed by atoms with Crippen molar-refractivity contribution in [2.75, 3.05) is 4.72 Å².